The number of ether oxygens (including phenoxy) is 1. The summed E-state index contributed by atoms with van der Waals surface area (Å²) in [4.78, 5) is 16.8. The van der Waals surface area contributed by atoms with Crippen molar-refractivity contribution in [3.63, 3.8) is 0 Å². The molecule has 0 atom stereocenters. The van der Waals surface area contributed by atoms with Crippen molar-refractivity contribution in [3.05, 3.63) is 23.5 Å². The van der Waals surface area contributed by atoms with E-state index in [-0.39, 0.29) is 34.9 Å². The Labute approximate surface area is 173 Å². The molecule has 1 saturated carbocycles. The quantitative estimate of drug-likeness (QED) is 0.711. The Balaban J connectivity index is 1.45. The molecule has 0 bridgehead atoms. The van der Waals surface area contributed by atoms with Gasteiger partial charge in [-0.05, 0) is 51.2 Å². The molecular formula is C19H24F3N3O4S. The van der Waals surface area contributed by atoms with Gasteiger partial charge < -0.3 is 9.64 Å². The lowest BCUT2D eigenvalue weighted by Gasteiger charge is -2.59. The minimum atomic E-state index is -4.62. The van der Waals surface area contributed by atoms with Crippen LogP contribution in [0.4, 0.5) is 18.0 Å². The maximum absolute atomic E-state index is 13.1. The molecule has 0 aromatic carbocycles. The number of sulfonamides is 1. The van der Waals surface area contributed by atoms with E-state index < -0.39 is 33.6 Å². The van der Waals surface area contributed by atoms with Gasteiger partial charge in [0.25, 0.3) is 0 Å². The zero-order valence-corrected chi connectivity index (χ0v) is 17.8. The molecule has 3 fully saturated rings. The molecule has 0 unspecified atom stereocenters. The molecule has 1 aliphatic carbocycles. The number of rotatable bonds is 3. The Hall–Kier alpha value is -1.88. The van der Waals surface area contributed by atoms with Gasteiger partial charge >= 0.3 is 12.3 Å². The first-order chi connectivity index (χ1) is 13.7. The van der Waals surface area contributed by atoms with E-state index in [2.05, 4.69) is 4.98 Å². The van der Waals surface area contributed by atoms with Gasteiger partial charge in [0.05, 0.1) is 0 Å². The highest BCUT2D eigenvalue weighted by molar-refractivity contribution is 7.89. The first-order valence-electron chi connectivity index (χ1n) is 9.76. The summed E-state index contributed by atoms with van der Waals surface area (Å²) in [6.45, 7) is 6.55. The SMILES string of the molecule is CC(C)(C)OC(=O)N1CC2(C1)CN(S(=O)(=O)c1cnc(C(F)(F)F)cc1C1CC1)C2. The van der Waals surface area contributed by atoms with Crippen LogP contribution in [-0.4, -0.2) is 60.5 Å². The van der Waals surface area contributed by atoms with Crippen molar-refractivity contribution in [2.24, 2.45) is 5.41 Å². The molecule has 4 rings (SSSR count). The molecule has 1 spiro atoms. The Kier molecular flexibility index (Phi) is 4.67. The monoisotopic (exact) mass is 447 g/mol. The average molecular weight is 447 g/mol. The Morgan fingerprint density at radius 1 is 1.17 bits per heavy atom. The normalized spacial score (nSPS) is 21.9. The summed E-state index contributed by atoms with van der Waals surface area (Å²) in [5.41, 5.74) is -1.80. The van der Waals surface area contributed by atoms with Crippen LogP contribution in [0.25, 0.3) is 0 Å². The molecule has 2 aliphatic heterocycles. The van der Waals surface area contributed by atoms with Crippen molar-refractivity contribution >= 4 is 16.1 Å². The fourth-order valence-electron chi connectivity index (χ4n) is 3.97. The number of likely N-dealkylation sites (tertiary alicyclic amines) is 1. The van der Waals surface area contributed by atoms with Gasteiger partial charge in [-0.25, -0.2) is 13.2 Å². The van der Waals surface area contributed by atoms with E-state index in [4.69, 9.17) is 4.74 Å². The minimum absolute atomic E-state index is 0.142. The molecule has 11 heteroatoms. The van der Waals surface area contributed by atoms with Gasteiger partial charge in [0.15, 0.2) is 0 Å². The summed E-state index contributed by atoms with van der Waals surface area (Å²) >= 11 is 0. The average Bonchev–Trinajstić information content (AvgIpc) is 3.33. The van der Waals surface area contributed by atoms with E-state index in [1.807, 2.05) is 0 Å². The van der Waals surface area contributed by atoms with Crippen LogP contribution >= 0.6 is 0 Å². The molecule has 166 valence electrons. The van der Waals surface area contributed by atoms with Crippen LogP contribution in [0.1, 0.15) is 50.8 Å². The maximum Gasteiger partial charge on any atom is 0.433 e. The third kappa shape index (κ3) is 3.89. The number of pyridine rings is 1. The summed E-state index contributed by atoms with van der Waals surface area (Å²) in [6, 6.07) is 0.869. The van der Waals surface area contributed by atoms with Crippen LogP contribution in [0.2, 0.25) is 0 Å². The second kappa shape index (κ2) is 6.56. The number of carbonyl (C=O) groups is 1. The largest absolute Gasteiger partial charge is 0.444 e. The first kappa shape index (κ1) is 21.4. The number of hydrogen-bond acceptors (Lipinski definition) is 5. The summed E-state index contributed by atoms with van der Waals surface area (Å²) in [5, 5.41) is 0. The van der Waals surface area contributed by atoms with E-state index in [1.54, 1.807) is 20.8 Å². The van der Waals surface area contributed by atoms with Crippen molar-refractivity contribution in [2.75, 3.05) is 26.2 Å². The van der Waals surface area contributed by atoms with E-state index in [0.717, 1.165) is 12.3 Å². The van der Waals surface area contributed by atoms with Gasteiger partial charge in [0.1, 0.15) is 16.2 Å². The van der Waals surface area contributed by atoms with Crippen molar-refractivity contribution in [3.8, 4) is 0 Å². The molecule has 1 aromatic heterocycles. The minimum Gasteiger partial charge on any atom is -0.444 e. The number of nitrogens with zero attached hydrogens (tertiary/aromatic N) is 3. The van der Waals surface area contributed by atoms with Gasteiger partial charge in [0.2, 0.25) is 10.0 Å². The number of halogens is 3. The smallest absolute Gasteiger partial charge is 0.433 e. The van der Waals surface area contributed by atoms with E-state index >= 15 is 0 Å². The second-order valence-corrected chi connectivity index (χ2v) is 11.4. The number of hydrogen-bond donors (Lipinski definition) is 0. The standard InChI is InChI=1S/C19H24F3N3O4S/c1-17(2,3)29-16(26)24-8-18(9-24)10-25(11-18)30(27,28)14-7-23-15(19(20,21)22)6-13(14)12-4-5-12/h6-7,12H,4-5,8-11H2,1-3H3. The van der Waals surface area contributed by atoms with E-state index in [1.165, 1.54) is 9.21 Å². The third-order valence-corrected chi connectivity index (χ3v) is 7.39. The highest BCUT2D eigenvalue weighted by atomic mass is 32.2. The van der Waals surface area contributed by atoms with Crippen LogP contribution in [0.15, 0.2) is 17.2 Å². The van der Waals surface area contributed by atoms with Gasteiger partial charge in [-0.1, -0.05) is 0 Å². The Morgan fingerprint density at radius 3 is 2.27 bits per heavy atom. The summed E-state index contributed by atoms with van der Waals surface area (Å²) in [7, 11) is -3.95. The van der Waals surface area contributed by atoms with Crippen LogP contribution in [-0.2, 0) is 20.9 Å². The molecule has 30 heavy (non-hydrogen) atoms. The van der Waals surface area contributed by atoms with Gasteiger partial charge in [-0.15, -0.1) is 0 Å². The fraction of sp³-hybridized carbons (Fsp3) is 0.684. The second-order valence-electron chi connectivity index (χ2n) is 9.49. The van der Waals surface area contributed by atoms with Crippen molar-refractivity contribution in [2.45, 2.75) is 56.2 Å². The molecule has 1 amide bonds. The predicted octanol–water partition coefficient (Wildman–Crippen LogP) is 3.22. The van der Waals surface area contributed by atoms with E-state index in [0.29, 0.717) is 25.9 Å². The lowest BCUT2D eigenvalue weighted by molar-refractivity contribution is -0.141. The highest BCUT2D eigenvalue weighted by Gasteiger charge is 2.57. The van der Waals surface area contributed by atoms with Gasteiger partial charge in [-0.2, -0.15) is 17.5 Å². The van der Waals surface area contributed by atoms with Crippen LogP contribution < -0.4 is 0 Å². The van der Waals surface area contributed by atoms with Crippen LogP contribution in [0.5, 0.6) is 0 Å². The maximum atomic E-state index is 13.1. The zero-order valence-electron chi connectivity index (χ0n) is 17.0. The molecule has 3 heterocycles. The molecule has 2 saturated heterocycles. The molecular weight excluding hydrogens is 423 g/mol. The predicted molar refractivity (Wildman–Crippen MR) is 100 cm³/mol. The zero-order chi connectivity index (χ0) is 22.1. The van der Waals surface area contributed by atoms with Crippen molar-refractivity contribution < 1.29 is 31.1 Å². The Bertz CT molecular complexity index is 970. The first-order valence-corrected chi connectivity index (χ1v) is 11.2. The molecule has 1 aromatic rings. The Morgan fingerprint density at radius 2 is 1.77 bits per heavy atom. The summed E-state index contributed by atoms with van der Waals surface area (Å²) in [6.07, 6.45) is -2.89. The van der Waals surface area contributed by atoms with Crippen molar-refractivity contribution in [1.82, 2.24) is 14.2 Å². The van der Waals surface area contributed by atoms with E-state index in [9.17, 15) is 26.4 Å². The lowest BCUT2D eigenvalue weighted by Crippen LogP contribution is -2.73. The van der Waals surface area contributed by atoms with Gasteiger partial charge in [-0.3, -0.25) is 4.98 Å². The molecule has 0 N–H and O–H groups in total. The van der Waals surface area contributed by atoms with Gasteiger partial charge in [0, 0.05) is 37.8 Å². The molecule has 3 aliphatic rings. The molecule has 0 radical (unpaired) electrons. The number of alkyl halides is 3. The third-order valence-electron chi connectivity index (χ3n) is 5.55. The topological polar surface area (TPSA) is 79.8 Å². The number of aromatic nitrogens is 1. The van der Waals surface area contributed by atoms with Crippen molar-refractivity contribution in [1.29, 1.82) is 0 Å². The van der Waals surface area contributed by atoms with Crippen LogP contribution in [0, 0.1) is 5.41 Å². The lowest BCUT2D eigenvalue weighted by atomic mass is 9.75. The molecule has 7 nitrogen and oxygen atoms in total. The highest BCUT2D eigenvalue weighted by Crippen LogP contribution is 2.47. The summed E-state index contributed by atoms with van der Waals surface area (Å²) in [5.74, 6) is -0.180. The summed E-state index contributed by atoms with van der Waals surface area (Å²) < 4.78 is 71.7. The number of carbonyl (C=O) groups excluding carboxylic acids is 1. The fourth-order valence-corrected chi connectivity index (χ4v) is 5.85. The number of amides is 1. The van der Waals surface area contributed by atoms with Crippen LogP contribution in [0.3, 0.4) is 0 Å².